The van der Waals surface area contributed by atoms with Crippen LogP contribution in [0, 0.1) is 0 Å². The molecule has 0 radical (unpaired) electrons. The van der Waals surface area contributed by atoms with Gasteiger partial charge in [0, 0.05) is 18.3 Å². The molecule has 0 aliphatic rings. The number of alkyl halides is 3. The van der Waals surface area contributed by atoms with E-state index >= 15 is 0 Å². The van der Waals surface area contributed by atoms with Crippen molar-refractivity contribution in [2.45, 2.75) is 32.6 Å². The molecule has 1 aromatic carbocycles. The van der Waals surface area contributed by atoms with Gasteiger partial charge in [0.05, 0.1) is 12.1 Å². The molecule has 0 spiro atoms. The van der Waals surface area contributed by atoms with E-state index in [0.717, 1.165) is 12.1 Å². The van der Waals surface area contributed by atoms with Crippen LogP contribution in [-0.2, 0) is 17.5 Å². The highest BCUT2D eigenvalue weighted by Gasteiger charge is 2.31. The van der Waals surface area contributed by atoms with Crippen LogP contribution >= 0.6 is 24.8 Å². The Kier molecular flexibility index (Phi) is 10.5. The molecule has 0 fully saturated rings. The average Bonchev–Trinajstić information content (AvgIpc) is 2.36. The van der Waals surface area contributed by atoms with Crippen molar-refractivity contribution >= 4 is 36.4 Å². The molecule has 23 heavy (non-hydrogen) atoms. The number of amides is 1. The van der Waals surface area contributed by atoms with Gasteiger partial charge < -0.3 is 11.1 Å². The predicted molar refractivity (Wildman–Crippen MR) is 90.2 cm³/mol. The van der Waals surface area contributed by atoms with Crippen LogP contribution in [-0.4, -0.2) is 30.4 Å². The Balaban J connectivity index is 0. The van der Waals surface area contributed by atoms with E-state index < -0.39 is 11.7 Å². The molecule has 0 saturated heterocycles. The van der Waals surface area contributed by atoms with Crippen molar-refractivity contribution in [1.82, 2.24) is 4.90 Å². The Labute approximate surface area is 146 Å². The second-order valence-corrected chi connectivity index (χ2v) is 5.18. The number of carbonyl (C=O) groups is 1. The zero-order valence-electron chi connectivity index (χ0n) is 13.1. The van der Waals surface area contributed by atoms with E-state index in [1.165, 1.54) is 6.07 Å². The van der Waals surface area contributed by atoms with E-state index in [2.05, 4.69) is 5.32 Å². The summed E-state index contributed by atoms with van der Waals surface area (Å²) in [5.41, 5.74) is 4.99. The Morgan fingerprint density at radius 1 is 1.26 bits per heavy atom. The summed E-state index contributed by atoms with van der Waals surface area (Å²) in [4.78, 5) is 13.6. The van der Waals surface area contributed by atoms with Crippen LogP contribution in [0.4, 0.5) is 18.9 Å². The van der Waals surface area contributed by atoms with Gasteiger partial charge in [0.1, 0.15) is 0 Å². The molecule has 0 aliphatic carbocycles. The molecule has 3 N–H and O–H groups in total. The maximum atomic E-state index is 12.8. The highest BCUT2D eigenvalue weighted by atomic mass is 35.5. The summed E-state index contributed by atoms with van der Waals surface area (Å²) in [7, 11) is 1.77. The van der Waals surface area contributed by atoms with Crippen LogP contribution < -0.4 is 11.1 Å². The van der Waals surface area contributed by atoms with Crippen LogP contribution in [0.1, 0.15) is 25.0 Å². The summed E-state index contributed by atoms with van der Waals surface area (Å²) < 4.78 is 38.3. The number of hydrogen-bond acceptors (Lipinski definition) is 3. The van der Waals surface area contributed by atoms with Crippen LogP contribution in [0.3, 0.4) is 0 Å². The van der Waals surface area contributed by atoms with Crippen molar-refractivity contribution in [2.75, 3.05) is 18.9 Å². The van der Waals surface area contributed by atoms with E-state index in [-0.39, 0.29) is 55.5 Å². The second-order valence-electron chi connectivity index (χ2n) is 5.18. The third-order valence-electron chi connectivity index (χ3n) is 3.11. The molecular weight excluding hydrogens is 354 g/mol. The molecule has 0 aromatic heterocycles. The first-order chi connectivity index (χ1) is 9.63. The standard InChI is InChI=1S/C14H20F3N3O.2ClH/c1-9(2)20(3)8-13(21)19-12-5-10(7-18)4-11(6-12)14(15,16)17;;/h4-6,9H,7-8,18H2,1-3H3,(H,19,21);2*1H. The fraction of sp³-hybridized carbons (Fsp3) is 0.500. The molecule has 0 saturated carbocycles. The Hall–Kier alpha value is -1.02. The Morgan fingerprint density at radius 2 is 1.83 bits per heavy atom. The van der Waals surface area contributed by atoms with Crippen LogP contribution in [0.5, 0.6) is 0 Å². The van der Waals surface area contributed by atoms with E-state index in [9.17, 15) is 18.0 Å². The zero-order valence-corrected chi connectivity index (χ0v) is 14.7. The van der Waals surface area contributed by atoms with E-state index in [0.29, 0.717) is 5.56 Å². The average molecular weight is 376 g/mol. The first-order valence-corrected chi connectivity index (χ1v) is 6.54. The molecule has 9 heteroatoms. The number of nitrogens with two attached hydrogens (primary N) is 1. The molecule has 0 atom stereocenters. The monoisotopic (exact) mass is 375 g/mol. The van der Waals surface area contributed by atoms with Gasteiger partial charge in [-0.2, -0.15) is 13.2 Å². The molecule has 4 nitrogen and oxygen atoms in total. The minimum Gasteiger partial charge on any atom is -0.326 e. The van der Waals surface area contributed by atoms with Gasteiger partial charge in [0.15, 0.2) is 0 Å². The molecule has 1 aromatic rings. The third kappa shape index (κ3) is 7.87. The van der Waals surface area contributed by atoms with Gasteiger partial charge in [-0.1, -0.05) is 0 Å². The minimum atomic E-state index is -4.47. The third-order valence-corrected chi connectivity index (χ3v) is 3.11. The number of nitrogens with one attached hydrogen (secondary N) is 1. The van der Waals surface area contributed by atoms with Crippen molar-refractivity contribution in [3.63, 3.8) is 0 Å². The van der Waals surface area contributed by atoms with Gasteiger partial charge in [0.2, 0.25) is 5.91 Å². The van der Waals surface area contributed by atoms with Crippen LogP contribution in [0.15, 0.2) is 18.2 Å². The van der Waals surface area contributed by atoms with Gasteiger partial charge in [-0.25, -0.2) is 0 Å². The van der Waals surface area contributed by atoms with Crippen LogP contribution in [0.25, 0.3) is 0 Å². The number of carbonyl (C=O) groups excluding carboxylic acids is 1. The first kappa shape index (κ1) is 24.2. The number of benzene rings is 1. The van der Waals surface area contributed by atoms with Gasteiger partial charge in [-0.3, -0.25) is 9.69 Å². The van der Waals surface area contributed by atoms with Crippen molar-refractivity contribution in [1.29, 1.82) is 0 Å². The van der Waals surface area contributed by atoms with Crippen molar-refractivity contribution in [2.24, 2.45) is 5.73 Å². The topological polar surface area (TPSA) is 58.4 Å². The fourth-order valence-electron chi connectivity index (χ4n) is 1.66. The molecule has 0 heterocycles. The van der Waals surface area contributed by atoms with Crippen LogP contribution in [0.2, 0.25) is 0 Å². The number of halogens is 5. The highest BCUT2D eigenvalue weighted by molar-refractivity contribution is 5.92. The summed E-state index contributed by atoms with van der Waals surface area (Å²) in [5, 5.41) is 2.48. The smallest absolute Gasteiger partial charge is 0.326 e. The fourth-order valence-corrected chi connectivity index (χ4v) is 1.66. The van der Waals surface area contributed by atoms with Crippen molar-refractivity contribution < 1.29 is 18.0 Å². The molecular formula is C14H22Cl2F3N3O. The number of anilines is 1. The molecule has 1 rings (SSSR count). The lowest BCUT2D eigenvalue weighted by Crippen LogP contribution is -2.34. The van der Waals surface area contributed by atoms with Crippen molar-refractivity contribution in [3.05, 3.63) is 29.3 Å². The van der Waals surface area contributed by atoms with Gasteiger partial charge in [0.25, 0.3) is 0 Å². The zero-order chi connectivity index (χ0) is 16.2. The highest BCUT2D eigenvalue weighted by Crippen LogP contribution is 2.31. The molecule has 0 aliphatic heterocycles. The molecule has 1 amide bonds. The lowest BCUT2D eigenvalue weighted by Gasteiger charge is -2.20. The largest absolute Gasteiger partial charge is 0.416 e. The normalized spacial score (nSPS) is 11.0. The minimum absolute atomic E-state index is 0. The number of nitrogens with zero attached hydrogens (tertiary/aromatic N) is 1. The molecule has 0 unspecified atom stereocenters. The maximum Gasteiger partial charge on any atom is 0.416 e. The quantitative estimate of drug-likeness (QED) is 0.829. The Morgan fingerprint density at radius 3 is 2.26 bits per heavy atom. The van der Waals surface area contributed by atoms with Gasteiger partial charge in [-0.05, 0) is 44.7 Å². The lowest BCUT2D eigenvalue weighted by molar-refractivity contribution is -0.137. The number of rotatable bonds is 5. The van der Waals surface area contributed by atoms with Crippen molar-refractivity contribution in [3.8, 4) is 0 Å². The predicted octanol–water partition coefficient (Wildman–Crippen LogP) is 3.29. The van der Waals surface area contributed by atoms with Gasteiger partial charge in [-0.15, -0.1) is 24.8 Å². The summed E-state index contributed by atoms with van der Waals surface area (Å²) >= 11 is 0. The lowest BCUT2D eigenvalue weighted by atomic mass is 10.1. The number of likely N-dealkylation sites (N-methyl/N-ethyl adjacent to an activating group) is 1. The maximum absolute atomic E-state index is 12.8. The SMILES string of the molecule is CC(C)N(C)CC(=O)Nc1cc(CN)cc(C(F)(F)F)c1.Cl.Cl. The summed E-state index contributed by atoms with van der Waals surface area (Å²) in [5.74, 6) is -0.367. The second kappa shape index (κ2) is 9.97. The summed E-state index contributed by atoms with van der Waals surface area (Å²) in [6.45, 7) is 3.92. The van der Waals surface area contributed by atoms with E-state index in [1.54, 1.807) is 11.9 Å². The molecule has 134 valence electrons. The molecule has 0 bridgehead atoms. The summed E-state index contributed by atoms with van der Waals surface area (Å²) in [6.07, 6.45) is -4.47. The number of hydrogen-bond donors (Lipinski definition) is 2. The van der Waals surface area contributed by atoms with E-state index in [4.69, 9.17) is 5.73 Å². The first-order valence-electron chi connectivity index (χ1n) is 6.54. The van der Waals surface area contributed by atoms with Gasteiger partial charge >= 0.3 is 6.18 Å². The summed E-state index contributed by atoms with van der Waals surface area (Å²) in [6, 6.07) is 3.50. The Bertz CT molecular complexity index is 511. The van der Waals surface area contributed by atoms with E-state index in [1.807, 2.05) is 13.8 Å².